The van der Waals surface area contributed by atoms with Gasteiger partial charge in [0.2, 0.25) is 0 Å². The van der Waals surface area contributed by atoms with Crippen molar-refractivity contribution >= 4 is 6.29 Å². The summed E-state index contributed by atoms with van der Waals surface area (Å²) in [5.74, 6) is 1.48. The van der Waals surface area contributed by atoms with Gasteiger partial charge in [0.25, 0.3) is 0 Å². The van der Waals surface area contributed by atoms with Gasteiger partial charge in [-0.3, -0.25) is 4.98 Å². The molecule has 2 rings (SSSR count). The molecule has 3 nitrogen and oxygen atoms in total. The summed E-state index contributed by atoms with van der Waals surface area (Å²) < 4.78 is 5.69. The zero-order chi connectivity index (χ0) is 12.1. The lowest BCUT2D eigenvalue weighted by atomic mass is 10.2. The third-order valence-corrected chi connectivity index (χ3v) is 2.31. The van der Waals surface area contributed by atoms with Crippen LogP contribution in [0, 0.1) is 6.92 Å². The fourth-order valence-electron chi connectivity index (χ4n) is 1.53. The molecule has 0 amide bonds. The average Bonchev–Trinajstić information content (AvgIpc) is 2.30. The molecule has 0 aliphatic rings. The summed E-state index contributed by atoms with van der Waals surface area (Å²) in [4.78, 5) is 14.5. The molecule has 0 aliphatic carbocycles. The molecule has 1 aromatic heterocycles. The average molecular weight is 227 g/mol. The predicted octanol–water partition coefficient (Wildman–Crippen LogP) is 2.92. The van der Waals surface area contributed by atoms with Crippen LogP contribution in [-0.4, -0.2) is 11.3 Å². The number of carbonyl (C=O) groups is 1. The van der Waals surface area contributed by atoms with E-state index in [9.17, 15) is 4.79 Å². The van der Waals surface area contributed by atoms with Gasteiger partial charge in [-0.25, -0.2) is 0 Å². The Morgan fingerprint density at radius 3 is 2.82 bits per heavy atom. The van der Waals surface area contributed by atoms with Gasteiger partial charge in [0, 0.05) is 18.7 Å². The third kappa shape index (κ3) is 3.14. The van der Waals surface area contributed by atoms with Crippen LogP contribution in [0.25, 0.3) is 0 Å². The first-order valence-corrected chi connectivity index (χ1v) is 5.41. The topological polar surface area (TPSA) is 39.2 Å². The molecule has 0 spiro atoms. The van der Waals surface area contributed by atoms with E-state index in [1.54, 1.807) is 18.3 Å². The van der Waals surface area contributed by atoms with Gasteiger partial charge >= 0.3 is 0 Å². The second-order valence-corrected chi connectivity index (χ2v) is 3.77. The van der Waals surface area contributed by atoms with Gasteiger partial charge in [0.05, 0.1) is 5.69 Å². The van der Waals surface area contributed by atoms with Crippen LogP contribution in [0.2, 0.25) is 0 Å². The Morgan fingerprint density at radius 1 is 1.24 bits per heavy atom. The normalized spacial score (nSPS) is 9.94. The van der Waals surface area contributed by atoms with Gasteiger partial charge in [-0.1, -0.05) is 12.1 Å². The van der Waals surface area contributed by atoms with Crippen molar-refractivity contribution in [1.29, 1.82) is 0 Å². The van der Waals surface area contributed by atoms with E-state index >= 15 is 0 Å². The van der Waals surface area contributed by atoms with Gasteiger partial charge in [-0.05, 0) is 30.7 Å². The monoisotopic (exact) mass is 227 g/mol. The summed E-state index contributed by atoms with van der Waals surface area (Å²) in [5.41, 5.74) is 1.86. The van der Waals surface area contributed by atoms with Crippen molar-refractivity contribution in [3.8, 4) is 11.5 Å². The quantitative estimate of drug-likeness (QED) is 0.754. The Morgan fingerprint density at radius 2 is 2.06 bits per heavy atom. The van der Waals surface area contributed by atoms with Crippen LogP contribution in [0.5, 0.6) is 11.5 Å². The van der Waals surface area contributed by atoms with Crippen LogP contribution in [0.3, 0.4) is 0 Å². The number of pyridine rings is 1. The van der Waals surface area contributed by atoms with Crippen LogP contribution in [0.4, 0.5) is 0 Å². The molecule has 0 bridgehead atoms. The van der Waals surface area contributed by atoms with Gasteiger partial charge in [0.1, 0.15) is 17.8 Å². The molecule has 0 aliphatic heterocycles. The number of ether oxygens (including phenoxy) is 1. The van der Waals surface area contributed by atoms with E-state index in [0.717, 1.165) is 17.6 Å². The van der Waals surface area contributed by atoms with Crippen molar-refractivity contribution in [2.45, 2.75) is 13.3 Å². The van der Waals surface area contributed by atoms with Crippen molar-refractivity contribution in [3.63, 3.8) is 0 Å². The fourth-order valence-corrected chi connectivity index (χ4v) is 1.53. The highest BCUT2D eigenvalue weighted by Gasteiger charge is 2.00. The van der Waals surface area contributed by atoms with Crippen molar-refractivity contribution in [2.75, 3.05) is 0 Å². The minimum absolute atomic E-state index is 0.311. The number of aromatic nitrogens is 1. The molecule has 3 heteroatoms. The lowest BCUT2D eigenvalue weighted by Crippen LogP contribution is -1.92. The number of aldehydes is 1. The maximum Gasteiger partial charge on any atom is 0.130 e. The molecule has 0 radical (unpaired) electrons. The van der Waals surface area contributed by atoms with Crippen LogP contribution in [0.1, 0.15) is 11.3 Å². The summed E-state index contributed by atoms with van der Waals surface area (Å²) >= 11 is 0. The summed E-state index contributed by atoms with van der Waals surface area (Å²) in [6.07, 6.45) is 2.79. The van der Waals surface area contributed by atoms with Gasteiger partial charge in [0.15, 0.2) is 0 Å². The smallest absolute Gasteiger partial charge is 0.130 e. The predicted molar refractivity (Wildman–Crippen MR) is 65.3 cm³/mol. The molecule has 0 N–H and O–H groups in total. The van der Waals surface area contributed by atoms with Crippen molar-refractivity contribution in [2.24, 2.45) is 0 Å². The second-order valence-electron chi connectivity index (χ2n) is 3.77. The lowest BCUT2D eigenvalue weighted by molar-refractivity contribution is -0.107. The largest absolute Gasteiger partial charge is 0.457 e. The van der Waals surface area contributed by atoms with Crippen LogP contribution in [-0.2, 0) is 11.2 Å². The standard InChI is InChI=1S/C14H13NO2/c1-11-3-2-4-13(9-11)17-14-5-7-15-12(10-14)6-8-16/h2-5,7-10H,6H2,1H3. The first kappa shape index (κ1) is 11.3. The number of benzene rings is 1. The molecule has 2 aromatic rings. The zero-order valence-electron chi connectivity index (χ0n) is 9.59. The minimum Gasteiger partial charge on any atom is -0.457 e. The summed E-state index contributed by atoms with van der Waals surface area (Å²) in [5, 5.41) is 0. The highest BCUT2D eigenvalue weighted by Crippen LogP contribution is 2.22. The van der Waals surface area contributed by atoms with E-state index in [1.807, 2.05) is 31.2 Å². The third-order valence-electron chi connectivity index (χ3n) is 2.31. The molecule has 0 saturated heterocycles. The number of rotatable bonds is 4. The summed E-state index contributed by atoms with van der Waals surface area (Å²) in [6, 6.07) is 11.4. The van der Waals surface area contributed by atoms with Gasteiger partial charge < -0.3 is 9.53 Å². The molecule has 0 unspecified atom stereocenters. The second kappa shape index (κ2) is 5.25. The molecule has 1 heterocycles. The van der Waals surface area contributed by atoms with Gasteiger partial charge in [-0.15, -0.1) is 0 Å². The van der Waals surface area contributed by atoms with Crippen molar-refractivity contribution in [3.05, 3.63) is 53.9 Å². The van der Waals surface area contributed by atoms with Crippen LogP contribution >= 0.6 is 0 Å². The molecule has 17 heavy (non-hydrogen) atoms. The van der Waals surface area contributed by atoms with Crippen LogP contribution in [0.15, 0.2) is 42.6 Å². The Hall–Kier alpha value is -2.16. The van der Waals surface area contributed by atoms with Crippen molar-refractivity contribution in [1.82, 2.24) is 4.98 Å². The fraction of sp³-hybridized carbons (Fsp3) is 0.143. The Balaban J connectivity index is 2.18. The molecule has 1 aromatic carbocycles. The zero-order valence-corrected chi connectivity index (χ0v) is 9.59. The summed E-state index contributed by atoms with van der Waals surface area (Å²) in [6.45, 7) is 2.01. The Labute approximate surface area is 100 Å². The summed E-state index contributed by atoms with van der Waals surface area (Å²) in [7, 11) is 0. The van der Waals surface area contributed by atoms with E-state index in [1.165, 1.54) is 0 Å². The molecular weight excluding hydrogens is 214 g/mol. The number of carbonyl (C=O) groups excluding carboxylic acids is 1. The molecule has 0 fully saturated rings. The highest BCUT2D eigenvalue weighted by atomic mass is 16.5. The number of hydrogen-bond acceptors (Lipinski definition) is 3. The maximum atomic E-state index is 10.4. The van der Waals surface area contributed by atoms with Crippen molar-refractivity contribution < 1.29 is 9.53 Å². The number of hydrogen-bond donors (Lipinski definition) is 0. The Kier molecular flexibility index (Phi) is 3.50. The molecule has 86 valence electrons. The van der Waals surface area contributed by atoms with E-state index in [2.05, 4.69) is 4.98 Å². The lowest BCUT2D eigenvalue weighted by Gasteiger charge is -2.06. The van der Waals surface area contributed by atoms with E-state index in [4.69, 9.17) is 4.74 Å². The molecule has 0 atom stereocenters. The maximum absolute atomic E-state index is 10.4. The van der Waals surface area contributed by atoms with E-state index in [0.29, 0.717) is 17.9 Å². The van der Waals surface area contributed by atoms with Crippen LogP contribution < -0.4 is 4.74 Å². The highest BCUT2D eigenvalue weighted by molar-refractivity contribution is 5.54. The van der Waals surface area contributed by atoms with E-state index < -0.39 is 0 Å². The first-order valence-electron chi connectivity index (χ1n) is 5.41. The number of nitrogens with zero attached hydrogens (tertiary/aromatic N) is 1. The van der Waals surface area contributed by atoms with E-state index in [-0.39, 0.29) is 0 Å². The SMILES string of the molecule is Cc1cccc(Oc2ccnc(CC=O)c2)c1. The molecule has 0 saturated carbocycles. The Bertz CT molecular complexity index is 523. The first-order chi connectivity index (χ1) is 8.28. The molecular formula is C14H13NO2. The van der Waals surface area contributed by atoms with Gasteiger partial charge in [-0.2, -0.15) is 0 Å². The number of aryl methyl sites for hydroxylation is 1. The minimum atomic E-state index is 0.311.